The number of ether oxygens (including phenoxy) is 2. The number of oxazole rings is 1. The van der Waals surface area contributed by atoms with Gasteiger partial charge in [0.2, 0.25) is 0 Å². The highest BCUT2D eigenvalue weighted by Crippen LogP contribution is 2.08. The number of nitrogens with zero attached hydrogens (tertiary/aromatic N) is 1. The molecule has 0 spiro atoms. The Kier molecular flexibility index (Phi) is 4.46. The van der Waals surface area contributed by atoms with E-state index >= 15 is 0 Å². The van der Waals surface area contributed by atoms with Gasteiger partial charge in [0.15, 0.2) is 5.69 Å². The molecule has 1 aromatic rings. The van der Waals surface area contributed by atoms with Crippen LogP contribution in [0.3, 0.4) is 0 Å². The van der Waals surface area contributed by atoms with Gasteiger partial charge in [-0.15, -0.1) is 0 Å². The Balaban J connectivity index is 2.57. The largest absolute Gasteiger partial charge is 0.461 e. The molecule has 0 saturated heterocycles. The summed E-state index contributed by atoms with van der Waals surface area (Å²) in [6.07, 6.45) is 1.11. The lowest BCUT2D eigenvalue weighted by atomic mass is 10.5. The van der Waals surface area contributed by atoms with E-state index in [0.29, 0.717) is 0 Å². The average Bonchev–Trinajstić information content (AvgIpc) is 2.67. The molecule has 0 aromatic carbocycles. The van der Waals surface area contributed by atoms with Crippen LogP contribution in [0.1, 0.15) is 17.4 Å². The third-order valence-electron chi connectivity index (χ3n) is 1.51. The Bertz CT molecular complexity index is 374. The molecule has 0 saturated carbocycles. The number of nitrogens with one attached hydrogen (secondary N) is 1. The van der Waals surface area contributed by atoms with E-state index in [2.05, 4.69) is 15.0 Å². The van der Waals surface area contributed by atoms with Gasteiger partial charge in [-0.1, -0.05) is 0 Å². The molecule has 1 heterocycles. The predicted octanol–water partition coefficient (Wildman–Crippen LogP) is 0.436. The first-order valence-electron chi connectivity index (χ1n) is 4.58. The molecule has 0 aliphatic rings. The van der Waals surface area contributed by atoms with Crippen molar-refractivity contribution in [2.75, 3.05) is 25.6 Å². The second-order valence-electron chi connectivity index (χ2n) is 2.74. The molecule has 0 aliphatic carbocycles. The zero-order chi connectivity index (χ0) is 12.0. The highest BCUT2D eigenvalue weighted by Gasteiger charge is 2.14. The molecule has 1 rings (SSSR count). The van der Waals surface area contributed by atoms with Gasteiger partial charge in [-0.3, -0.25) is 10.1 Å². The van der Waals surface area contributed by atoms with Crippen LogP contribution in [-0.2, 0) is 14.3 Å². The maximum Gasteiger partial charge on any atom is 0.360 e. The maximum absolute atomic E-state index is 11.2. The fraction of sp³-hybridized carbons (Fsp3) is 0.444. The van der Waals surface area contributed by atoms with Gasteiger partial charge in [0.05, 0.1) is 6.61 Å². The third-order valence-corrected chi connectivity index (χ3v) is 1.51. The van der Waals surface area contributed by atoms with Crippen LogP contribution in [0.4, 0.5) is 6.01 Å². The van der Waals surface area contributed by atoms with Crippen LogP contribution in [0.25, 0.3) is 0 Å². The Morgan fingerprint density at radius 1 is 1.56 bits per heavy atom. The highest BCUT2D eigenvalue weighted by molar-refractivity contribution is 5.91. The number of carbonyl (C=O) groups excluding carboxylic acids is 2. The van der Waals surface area contributed by atoms with E-state index in [4.69, 9.17) is 9.15 Å². The monoisotopic (exact) mass is 228 g/mol. The average molecular weight is 228 g/mol. The second kappa shape index (κ2) is 5.86. The first kappa shape index (κ1) is 12.2. The Hall–Kier alpha value is -1.89. The molecule has 1 aromatic heterocycles. The molecule has 7 heteroatoms. The summed E-state index contributed by atoms with van der Waals surface area (Å²) in [6, 6.07) is -0.0647. The van der Waals surface area contributed by atoms with Crippen molar-refractivity contribution in [1.82, 2.24) is 4.98 Å². The van der Waals surface area contributed by atoms with Crippen molar-refractivity contribution in [1.29, 1.82) is 0 Å². The zero-order valence-corrected chi connectivity index (χ0v) is 8.98. The molecule has 0 atom stereocenters. The second-order valence-corrected chi connectivity index (χ2v) is 2.74. The number of aromatic nitrogens is 1. The van der Waals surface area contributed by atoms with E-state index in [1.807, 2.05) is 0 Å². The number of carbonyl (C=O) groups is 2. The van der Waals surface area contributed by atoms with Crippen molar-refractivity contribution in [2.24, 2.45) is 0 Å². The van der Waals surface area contributed by atoms with Gasteiger partial charge in [0.25, 0.3) is 5.91 Å². The van der Waals surface area contributed by atoms with Crippen molar-refractivity contribution >= 4 is 17.9 Å². The van der Waals surface area contributed by atoms with Crippen molar-refractivity contribution in [3.63, 3.8) is 0 Å². The van der Waals surface area contributed by atoms with Crippen LogP contribution in [-0.4, -0.2) is 37.2 Å². The van der Waals surface area contributed by atoms with Crippen molar-refractivity contribution in [3.8, 4) is 0 Å². The van der Waals surface area contributed by atoms with Gasteiger partial charge in [-0.2, -0.15) is 4.98 Å². The fourth-order valence-electron chi connectivity index (χ4n) is 0.916. The van der Waals surface area contributed by atoms with Gasteiger partial charge in [0, 0.05) is 7.11 Å². The van der Waals surface area contributed by atoms with Crippen LogP contribution < -0.4 is 5.32 Å². The summed E-state index contributed by atoms with van der Waals surface area (Å²) < 4.78 is 14.1. The summed E-state index contributed by atoms with van der Waals surface area (Å²) in [5, 5.41) is 2.31. The molecular weight excluding hydrogens is 216 g/mol. The minimum absolute atomic E-state index is 0.00886. The number of methoxy groups -OCH3 is 1. The van der Waals surface area contributed by atoms with Crippen LogP contribution in [0.2, 0.25) is 0 Å². The molecule has 16 heavy (non-hydrogen) atoms. The number of rotatable bonds is 5. The summed E-state index contributed by atoms with van der Waals surface area (Å²) in [7, 11) is 1.39. The number of esters is 1. The van der Waals surface area contributed by atoms with Crippen molar-refractivity contribution in [2.45, 2.75) is 6.92 Å². The number of amides is 1. The lowest BCUT2D eigenvalue weighted by Crippen LogP contribution is -2.17. The van der Waals surface area contributed by atoms with E-state index in [-0.39, 0.29) is 24.9 Å². The predicted molar refractivity (Wildman–Crippen MR) is 53.0 cm³/mol. The van der Waals surface area contributed by atoms with E-state index in [1.54, 1.807) is 6.92 Å². The van der Waals surface area contributed by atoms with Gasteiger partial charge in [-0.05, 0) is 6.92 Å². The minimum Gasteiger partial charge on any atom is -0.461 e. The van der Waals surface area contributed by atoms with Crippen LogP contribution in [0.15, 0.2) is 10.7 Å². The summed E-state index contributed by atoms with van der Waals surface area (Å²) >= 11 is 0. The fourth-order valence-corrected chi connectivity index (χ4v) is 0.916. The lowest BCUT2D eigenvalue weighted by molar-refractivity contribution is -0.119. The lowest BCUT2D eigenvalue weighted by Gasteiger charge is -1.97. The molecule has 88 valence electrons. The van der Waals surface area contributed by atoms with Gasteiger partial charge < -0.3 is 13.9 Å². The first-order valence-corrected chi connectivity index (χ1v) is 4.58. The standard InChI is InChI=1S/C9H12N2O5/c1-3-15-8(13)6-4-16-9(10-6)11-7(12)5-14-2/h4H,3,5H2,1-2H3,(H,10,11,12). The minimum atomic E-state index is -0.599. The summed E-state index contributed by atoms with van der Waals surface area (Å²) in [5.74, 6) is -1.02. The number of hydrogen-bond donors (Lipinski definition) is 1. The van der Waals surface area contributed by atoms with Crippen LogP contribution in [0, 0.1) is 0 Å². The van der Waals surface area contributed by atoms with Crippen molar-refractivity contribution < 1.29 is 23.5 Å². The molecule has 7 nitrogen and oxygen atoms in total. The van der Waals surface area contributed by atoms with E-state index in [9.17, 15) is 9.59 Å². The number of anilines is 1. The Labute approximate surface area is 91.7 Å². The zero-order valence-electron chi connectivity index (χ0n) is 8.98. The maximum atomic E-state index is 11.2. The van der Waals surface area contributed by atoms with Gasteiger partial charge >= 0.3 is 12.0 Å². The van der Waals surface area contributed by atoms with Gasteiger partial charge in [0.1, 0.15) is 12.9 Å². The molecule has 1 N–H and O–H groups in total. The summed E-state index contributed by atoms with van der Waals surface area (Å²) in [6.45, 7) is 1.81. The quantitative estimate of drug-likeness (QED) is 0.735. The normalized spacial score (nSPS) is 9.88. The molecule has 0 radical (unpaired) electrons. The Morgan fingerprint density at radius 3 is 2.94 bits per heavy atom. The smallest absolute Gasteiger partial charge is 0.360 e. The molecule has 0 fully saturated rings. The molecular formula is C9H12N2O5. The molecule has 0 aliphatic heterocycles. The highest BCUT2D eigenvalue weighted by atomic mass is 16.5. The van der Waals surface area contributed by atoms with Gasteiger partial charge in [-0.25, -0.2) is 4.79 Å². The van der Waals surface area contributed by atoms with E-state index in [1.165, 1.54) is 7.11 Å². The summed E-state index contributed by atoms with van der Waals surface area (Å²) in [5.41, 5.74) is 0.00886. The Morgan fingerprint density at radius 2 is 2.31 bits per heavy atom. The molecule has 1 amide bonds. The molecule has 0 unspecified atom stereocenters. The van der Waals surface area contributed by atoms with E-state index in [0.717, 1.165) is 6.26 Å². The topological polar surface area (TPSA) is 90.7 Å². The summed E-state index contributed by atoms with van der Waals surface area (Å²) in [4.78, 5) is 26.0. The number of hydrogen-bond acceptors (Lipinski definition) is 6. The van der Waals surface area contributed by atoms with Crippen LogP contribution >= 0.6 is 0 Å². The third kappa shape index (κ3) is 3.35. The molecule has 0 bridgehead atoms. The van der Waals surface area contributed by atoms with Crippen molar-refractivity contribution in [3.05, 3.63) is 12.0 Å². The van der Waals surface area contributed by atoms with E-state index < -0.39 is 11.9 Å². The van der Waals surface area contributed by atoms with Crippen LogP contribution in [0.5, 0.6) is 0 Å². The first-order chi connectivity index (χ1) is 7.67. The SMILES string of the molecule is CCOC(=O)c1coc(NC(=O)COC)n1.